The van der Waals surface area contributed by atoms with Gasteiger partial charge in [-0.3, -0.25) is 0 Å². The van der Waals surface area contributed by atoms with Gasteiger partial charge in [0.25, 0.3) is 0 Å². The van der Waals surface area contributed by atoms with Crippen LogP contribution in [0.2, 0.25) is 10.0 Å². The molecule has 0 saturated heterocycles. The van der Waals surface area contributed by atoms with Crippen LogP contribution in [-0.2, 0) is 6.42 Å². The summed E-state index contributed by atoms with van der Waals surface area (Å²) in [6.07, 6.45) is 6.88. The van der Waals surface area contributed by atoms with Crippen LogP contribution < -0.4 is 15.5 Å². The molecule has 0 aliphatic heterocycles. The second kappa shape index (κ2) is 11.4. The summed E-state index contributed by atoms with van der Waals surface area (Å²) in [4.78, 5) is 11.6. The molecule has 2 N–H and O–H groups in total. The van der Waals surface area contributed by atoms with E-state index in [0.717, 1.165) is 67.4 Å². The number of halogens is 2. The molecule has 0 bridgehead atoms. The Kier molecular flexibility index (Phi) is 8.29. The van der Waals surface area contributed by atoms with E-state index in [0.29, 0.717) is 16.1 Å². The number of rotatable bonds is 9. The molecule has 7 heteroatoms. The first-order valence-corrected chi connectivity index (χ1v) is 12.6. The molecular formula is C26H33Cl2N5. The monoisotopic (exact) mass is 485 g/mol. The molecule has 1 heterocycles. The van der Waals surface area contributed by atoms with Crippen molar-refractivity contribution in [3.05, 3.63) is 58.1 Å². The zero-order valence-electron chi connectivity index (χ0n) is 19.5. The summed E-state index contributed by atoms with van der Waals surface area (Å²) in [5.74, 6) is 2.44. The SMILES string of the molecule is CN(C)c1nc(N[C@H]2CC[C@@H](CNCCCc3ccc(Cl)c(Cl)c3)CC2)nc2ccccc12. The van der Waals surface area contributed by atoms with E-state index in [1.54, 1.807) is 0 Å². The molecule has 1 saturated carbocycles. The molecule has 5 nitrogen and oxygen atoms in total. The van der Waals surface area contributed by atoms with Crippen molar-refractivity contribution in [1.29, 1.82) is 0 Å². The van der Waals surface area contributed by atoms with E-state index in [-0.39, 0.29) is 0 Å². The molecule has 0 unspecified atom stereocenters. The van der Waals surface area contributed by atoms with Gasteiger partial charge in [-0.1, -0.05) is 41.4 Å². The number of nitrogens with zero attached hydrogens (tertiary/aromatic N) is 3. The van der Waals surface area contributed by atoms with Crippen molar-refractivity contribution in [2.24, 2.45) is 5.92 Å². The third kappa shape index (κ3) is 6.50. The van der Waals surface area contributed by atoms with Crippen molar-refractivity contribution < 1.29 is 0 Å². The van der Waals surface area contributed by atoms with Crippen LogP contribution in [0.4, 0.5) is 11.8 Å². The maximum atomic E-state index is 6.10. The number of aromatic nitrogens is 2. The lowest BCUT2D eigenvalue weighted by Crippen LogP contribution is -2.32. The van der Waals surface area contributed by atoms with Crippen molar-refractivity contribution in [1.82, 2.24) is 15.3 Å². The van der Waals surface area contributed by atoms with E-state index in [9.17, 15) is 0 Å². The molecular weight excluding hydrogens is 453 g/mol. The molecule has 1 aromatic heterocycles. The summed E-state index contributed by atoms with van der Waals surface area (Å²) >= 11 is 12.1. The third-order valence-corrected chi connectivity index (χ3v) is 7.16. The summed E-state index contributed by atoms with van der Waals surface area (Å²) in [7, 11) is 4.06. The smallest absolute Gasteiger partial charge is 0.225 e. The summed E-state index contributed by atoms with van der Waals surface area (Å²) in [5, 5.41) is 9.59. The summed E-state index contributed by atoms with van der Waals surface area (Å²) in [5.41, 5.74) is 2.23. The Bertz CT molecular complexity index is 1060. The summed E-state index contributed by atoms with van der Waals surface area (Å²) in [6.45, 7) is 2.11. The summed E-state index contributed by atoms with van der Waals surface area (Å²) in [6, 6.07) is 14.5. The fourth-order valence-electron chi connectivity index (χ4n) is 4.58. The van der Waals surface area contributed by atoms with Gasteiger partial charge in [0, 0.05) is 25.5 Å². The molecule has 0 amide bonds. The molecule has 0 atom stereocenters. The normalized spacial score (nSPS) is 18.4. The van der Waals surface area contributed by atoms with Gasteiger partial charge in [-0.05, 0) is 87.4 Å². The molecule has 2 aromatic carbocycles. The predicted octanol–water partition coefficient (Wildman–Crippen LogP) is 6.20. The number of para-hydroxylation sites is 1. The minimum absolute atomic E-state index is 0.437. The van der Waals surface area contributed by atoms with Crippen LogP contribution in [0.25, 0.3) is 10.9 Å². The predicted molar refractivity (Wildman–Crippen MR) is 141 cm³/mol. The van der Waals surface area contributed by atoms with Crippen molar-refractivity contribution in [3.63, 3.8) is 0 Å². The lowest BCUT2D eigenvalue weighted by molar-refractivity contribution is 0.324. The summed E-state index contributed by atoms with van der Waals surface area (Å²) < 4.78 is 0. The van der Waals surface area contributed by atoms with E-state index in [1.807, 2.05) is 38.4 Å². The second-order valence-corrected chi connectivity index (χ2v) is 10.0. The van der Waals surface area contributed by atoms with E-state index in [4.69, 9.17) is 33.2 Å². The van der Waals surface area contributed by atoms with Gasteiger partial charge in [0.2, 0.25) is 5.95 Å². The third-order valence-electron chi connectivity index (χ3n) is 6.42. The van der Waals surface area contributed by atoms with Gasteiger partial charge in [-0.2, -0.15) is 4.98 Å². The first-order chi connectivity index (χ1) is 16.0. The highest BCUT2D eigenvalue weighted by molar-refractivity contribution is 6.42. The molecule has 3 aromatic rings. The van der Waals surface area contributed by atoms with Gasteiger partial charge in [0.05, 0.1) is 15.6 Å². The van der Waals surface area contributed by atoms with E-state index >= 15 is 0 Å². The van der Waals surface area contributed by atoms with E-state index in [1.165, 1.54) is 18.4 Å². The maximum Gasteiger partial charge on any atom is 0.225 e. The molecule has 0 radical (unpaired) electrons. The Labute approximate surface area is 206 Å². The Hall–Kier alpha value is -2.08. The van der Waals surface area contributed by atoms with Crippen LogP contribution in [0.1, 0.15) is 37.7 Å². The molecule has 4 rings (SSSR count). The van der Waals surface area contributed by atoms with Gasteiger partial charge in [0.15, 0.2) is 0 Å². The maximum absolute atomic E-state index is 6.10. The number of aryl methyl sites for hydroxylation is 1. The van der Waals surface area contributed by atoms with Crippen molar-refractivity contribution in [2.75, 3.05) is 37.4 Å². The Morgan fingerprint density at radius 2 is 1.76 bits per heavy atom. The minimum atomic E-state index is 0.437. The zero-order valence-corrected chi connectivity index (χ0v) is 21.0. The van der Waals surface area contributed by atoms with Crippen molar-refractivity contribution in [3.8, 4) is 0 Å². The molecule has 1 aliphatic rings. The molecule has 1 fully saturated rings. The lowest BCUT2D eigenvalue weighted by atomic mass is 9.86. The van der Waals surface area contributed by atoms with Gasteiger partial charge in [-0.15, -0.1) is 0 Å². The van der Waals surface area contributed by atoms with Gasteiger partial charge in [0.1, 0.15) is 5.82 Å². The zero-order chi connectivity index (χ0) is 23.2. The van der Waals surface area contributed by atoms with Crippen LogP contribution in [0.15, 0.2) is 42.5 Å². The number of anilines is 2. The van der Waals surface area contributed by atoms with Gasteiger partial charge < -0.3 is 15.5 Å². The molecule has 1 aliphatic carbocycles. The largest absolute Gasteiger partial charge is 0.362 e. The molecule has 33 heavy (non-hydrogen) atoms. The van der Waals surface area contributed by atoms with Crippen LogP contribution >= 0.6 is 23.2 Å². The van der Waals surface area contributed by atoms with E-state index < -0.39 is 0 Å². The van der Waals surface area contributed by atoms with Crippen molar-refractivity contribution in [2.45, 2.75) is 44.6 Å². The number of hydrogen-bond donors (Lipinski definition) is 2. The van der Waals surface area contributed by atoms with Crippen LogP contribution in [0.3, 0.4) is 0 Å². The second-order valence-electron chi connectivity index (χ2n) is 9.20. The van der Waals surface area contributed by atoms with Crippen molar-refractivity contribution >= 4 is 45.9 Å². The number of benzene rings is 2. The van der Waals surface area contributed by atoms with Crippen LogP contribution in [-0.4, -0.2) is 43.2 Å². The lowest BCUT2D eigenvalue weighted by Gasteiger charge is -2.29. The average molecular weight is 486 g/mol. The Morgan fingerprint density at radius 3 is 2.52 bits per heavy atom. The Morgan fingerprint density at radius 1 is 0.970 bits per heavy atom. The van der Waals surface area contributed by atoms with Gasteiger partial charge in [-0.25, -0.2) is 4.98 Å². The minimum Gasteiger partial charge on any atom is -0.362 e. The highest BCUT2D eigenvalue weighted by atomic mass is 35.5. The van der Waals surface area contributed by atoms with Crippen LogP contribution in [0, 0.1) is 5.92 Å². The standard InChI is InChI=1S/C26H33Cl2N5/c1-33(2)25-21-7-3-4-8-24(21)31-26(32-25)30-20-12-9-19(10-13-20)17-29-15-5-6-18-11-14-22(27)23(28)16-18/h3-4,7-8,11,14,16,19-20,29H,5-6,9-10,12-13,15,17H2,1-2H3,(H,30,31,32)/t19-,20+. The average Bonchev–Trinajstić information content (AvgIpc) is 2.81. The number of nitrogens with one attached hydrogen (secondary N) is 2. The highest BCUT2D eigenvalue weighted by Crippen LogP contribution is 2.28. The Balaban J connectivity index is 1.20. The quantitative estimate of drug-likeness (QED) is 0.353. The first-order valence-electron chi connectivity index (χ1n) is 11.8. The number of hydrogen-bond acceptors (Lipinski definition) is 5. The molecule has 176 valence electrons. The fraction of sp³-hybridized carbons (Fsp3) is 0.462. The molecule has 0 spiro atoms. The van der Waals surface area contributed by atoms with E-state index in [2.05, 4.69) is 33.7 Å². The fourth-order valence-corrected chi connectivity index (χ4v) is 4.90. The van der Waals surface area contributed by atoms with Gasteiger partial charge >= 0.3 is 0 Å². The van der Waals surface area contributed by atoms with Crippen LogP contribution in [0.5, 0.6) is 0 Å². The highest BCUT2D eigenvalue weighted by Gasteiger charge is 2.22. The number of fused-ring (bicyclic) bond motifs is 1. The first kappa shape index (κ1) is 24.1. The topological polar surface area (TPSA) is 53.1 Å².